The third kappa shape index (κ3) is 7.32. The molecule has 2 heterocycles. The largest absolute Gasteiger partial charge is 0.246 e. The second-order valence-corrected chi connectivity index (χ2v) is 14.7. The lowest BCUT2D eigenvalue weighted by Gasteiger charge is -2.23. The molecule has 0 spiro atoms. The highest BCUT2D eigenvalue weighted by Gasteiger charge is 2.25. The first-order chi connectivity index (χ1) is 29.8. The molecule has 0 aliphatic carbocycles. The van der Waals surface area contributed by atoms with Crippen LogP contribution in [0.25, 0.3) is 101 Å². The van der Waals surface area contributed by atoms with Gasteiger partial charge in [0.25, 0.3) is 0 Å². The molecule has 0 atom stereocenters. The molecule has 60 heavy (non-hydrogen) atoms. The third-order valence-electron chi connectivity index (χ3n) is 10.9. The van der Waals surface area contributed by atoms with E-state index in [1.165, 1.54) is 5.56 Å². The van der Waals surface area contributed by atoms with E-state index in [0.29, 0.717) is 5.82 Å². The molecular weight excluding hydrogens is 727 g/mol. The van der Waals surface area contributed by atoms with Crippen LogP contribution >= 0.6 is 0 Å². The van der Waals surface area contributed by atoms with Gasteiger partial charge in [-0.2, -0.15) is 0 Å². The van der Waals surface area contributed by atoms with E-state index in [4.69, 9.17) is 15.0 Å². The molecule has 10 rings (SSSR count). The highest BCUT2D eigenvalue weighted by molar-refractivity contribution is 6.05. The summed E-state index contributed by atoms with van der Waals surface area (Å²) in [6, 6.07) is 82.7. The summed E-state index contributed by atoms with van der Waals surface area (Å²) in [5.74, 6) is 0.682. The van der Waals surface area contributed by atoms with Gasteiger partial charge in [-0.1, -0.05) is 231 Å². The van der Waals surface area contributed by atoms with E-state index < -0.39 is 0 Å². The standard InChI is InChI=1S/C57H39N3/c1-7-19-40(20-8-1)41-31-37-49(38-32-41)57-58-50(42-21-9-2-10-22-42)39-51(59-57)43-33-35-46(36-34-43)52-53(44-23-11-3-12-24-44)55(47-27-15-5-16-28-47)60-56(48-29-17-6-18-30-48)54(52)45-25-13-4-14-26-45/h1-39H. The second-order valence-electron chi connectivity index (χ2n) is 14.7. The van der Waals surface area contributed by atoms with Crippen molar-refractivity contribution < 1.29 is 0 Å². The summed E-state index contributed by atoms with van der Waals surface area (Å²) in [6.45, 7) is 0. The molecule has 0 amide bonds. The molecule has 0 bridgehead atoms. The molecule has 0 unspecified atom stereocenters. The Balaban J connectivity index is 1.18. The minimum atomic E-state index is 0.682. The Kier molecular flexibility index (Phi) is 9.97. The number of aromatic nitrogens is 3. The van der Waals surface area contributed by atoms with E-state index in [1.807, 2.05) is 12.1 Å². The maximum absolute atomic E-state index is 5.60. The van der Waals surface area contributed by atoms with Crippen LogP contribution in [0.15, 0.2) is 237 Å². The van der Waals surface area contributed by atoms with E-state index in [0.717, 1.165) is 89.5 Å². The average Bonchev–Trinajstić information content (AvgIpc) is 3.35. The van der Waals surface area contributed by atoms with Gasteiger partial charge in [0.1, 0.15) is 0 Å². The van der Waals surface area contributed by atoms with Gasteiger partial charge >= 0.3 is 0 Å². The lowest BCUT2D eigenvalue weighted by atomic mass is 9.83. The van der Waals surface area contributed by atoms with E-state index in [2.05, 4.69) is 224 Å². The summed E-state index contributed by atoms with van der Waals surface area (Å²) < 4.78 is 0. The fourth-order valence-corrected chi connectivity index (χ4v) is 7.99. The summed E-state index contributed by atoms with van der Waals surface area (Å²) in [4.78, 5) is 15.9. The van der Waals surface area contributed by atoms with Gasteiger partial charge in [0, 0.05) is 44.5 Å². The minimum absolute atomic E-state index is 0.682. The van der Waals surface area contributed by atoms with Gasteiger partial charge in [0.15, 0.2) is 5.82 Å². The first kappa shape index (κ1) is 36.3. The molecule has 0 fully saturated rings. The fourth-order valence-electron chi connectivity index (χ4n) is 7.99. The lowest BCUT2D eigenvalue weighted by molar-refractivity contribution is 1.18. The van der Waals surface area contributed by atoms with Crippen LogP contribution in [-0.4, -0.2) is 15.0 Å². The first-order valence-electron chi connectivity index (χ1n) is 20.3. The molecule has 0 aliphatic heterocycles. The predicted octanol–water partition coefficient (Wildman–Crippen LogP) is 14.9. The number of pyridine rings is 1. The summed E-state index contributed by atoms with van der Waals surface area (Å²) in [6.07, 6.45) is 0. The van der Waals surface area contributed by atoms with Crippen LogP contribution in [0.1, 0.15) is 0 Å². The Morgan fingerprint density at radius 2 is 0.483 bits per heavy atom. The van der Waals surface area contributed by atoms with Crippen LogP contribution < -0.4 is 0 Å². The summed E-state index contributed by atoms with van der Waals surface area (Å²) >= 11 is 0. The van der Waals surface area contributed by atoms with Crippen molar-refractivity contribution in [3.8, 4) is 101 Å². The normalized spacial score (nSPS) is 11.0. The van der Waals surface area contributed by atoms with Crippen molar-refractivity contribution in [3.63, 3.8) is 0 Å². The van der Waals surface area contributed by atoms with Gasteiger partial charge in [0.05, 0.1) is 22.8 Å². The van der Waals surface area contributed by atoms with Crippen molar-refractivity contribution in [2.45, 2.75) is 0 Å². The van der Waals surface area contributed by atoms with Crippen molar-refractivity contribution in [2.75, 3.05) is 0 Å². The molecule has 0 radical (unpaired) electrons. The molecule has 8 aromatic carbocycles. The predicted molar refractivity (Wildman–Crippen MR) is 249 cm³/mol. The van der Waals surface area contributed by atoms with Gasteiger partial charge in [0.2, 0.25) is 0 Å². The van der Waals surface area contributed by atoms with Crippen molar-refractivity contribution >= 4 is 0 Å². The quantitative estimate of drug-likeness (QED) is 0.147. The average molecular weight is 766 g/mol. The Hall–Kier alpha value is -8.01. The molecule has 0 saturated carbocycles. The van der Waals surface area contributed by atoms with Crippen molar-refractivity contribution in [3.05, 3.63) is 237 Å². The molecule has 0 saturated heterocycles. The highest BCUT2D eigenvalue weighted by Crippen LogP contribution is 2.48. The first-order valence-corrected chi connectivity index (χ1v) is 20.3. The van der Waals surface area contributed by atoms with Gasteiger partial charge in [-0.05, 0) is 33.9 Å². The maximum atomic E-state index is 5.60. The molecule has 3 heteroatoms. The van der Waals surface area contributed by atoms with Crippen molar-refractivity contribution in [1.82, 2.24) is 15.0 Å². The number of nitrogens with zero attached hydrogens (tertiary/aromatic N) is 3. The summed E-state index contributed by atoms with van der Waals surface area (Å²) in [5, 5.41) is 0. The Morgan fingerprint density at radius 3 is 0.917 bits per heavy atom. The van der Waals surface area contributed by atoms with Gasteiger partial charge in [-0.15, -0.1) is 0 Å². The second kappa shape index (κ2) is 16.5. The molecule has 3 nitrogen and oxygen atoms in total. The Morgan fingerprint density at radius 1 is 0.200 bits per heavy atom. The van der Waals surface area contributed by atoms with Crippen molar-refractivity contribution in [1.29, 1.82) is 0 Å². The van der Waals surface area contributed by atoms with Crippen LogP contribution in [-0.2, 0) is 0 Å². The van der Waals surface area contributed by atoms with E-state index >= 15 is 0 Å². The smallest absolute Gasteiger partial charge is 0.160 e. The fraction of sp³-hybridized carbons (Fsp3) is 0. The Labute approximate surface area is 351 Å². The zero-order valence-electron chi connectivity index (χ0n) is 32.9. The number of benzene rings is 8. The molecule has 2 aromatic heterocycles. The number of hydrogen-bond acceptors (Lipinski definition) is 3. The molecule has 0 aliphatic rings. The third-order valence-corrected chi connectivity index (χ3v) is 10.9. The van der Waals surface area contributed by atoms with E-state index in [-0.39, 0.29) is 0 Å². The Bertz CT molecular complexity index is 2910. The monoisotopic (exact) mass is 765 g/mol. The van der Waals surface area contributed by atoms with Crippen LogP contribution in [0.5, 0.6) is 0 Å². The van der Waals surface area contributed by atoms with Gasteiger partial charge in [-0.3, -0.25) is 0 Å². The van der Waals surface area contributed by atoms with E-state index in [9.17, 15) is 0 Å². The van der Waals surface area contributed by atoms with Crippen LogP contribution in [0.2, 0.25) is 0 Å². The van der Waals surface area contributed by atoms with Crippen LogP contribution in [0, 0.1) is 0 Å². The van der Waals surface area contributed by atoms with Crippen LogP contribution in [0.3, 0.4) is 0 Å². The molecule has 10 aromatic rings. The number of rotatable bonds is 9. The summed E-state index contributed by atoms with van der Waals surface area (Å²) in [7, 11) is 0. The highest BCUT2D eigenvalue weighted by atomic mass is 14.9. The van der Waals surface area contributed by atoms with Gasteiger partial charge in [-0.25, -0.2) is 15.0 Å². The zero-order valence-corrected chi connectivity index (χ0v) is 32.9. The topological polar surface area (TPSA) is 38.7 Å². The molecule has 0 N–H and O–H groups in total. The summed E-state index contributed by atoms with van der Waals surface area (Å²) in [5.41, 5.74) is 17.6. The maximum Gasteiger partial charge on any atom is 0.160 e. The molecule has 282 valence electrons. The van der Waals surface area contributed by atoms with Crippen LogP contribution in [0.4, 0.5) is 0 Å². The van der Waals surface area contributed by atoms with E-state index in [1.54, 1.807) is 0 Å². The minimum Gasteiger partial charge on any atom is -0.246 e. The van der Waals surface area contributed by atoms with Gasteiger partial charge < -0.3 is 0 Å². The number of hydrogen-bond donors (Lipinski definition) is 0. The lowest BCUT2D eigenvalue weighted by Crippen LogP contribution is -2.01. The molecular formula is C57H39N3. The zero-order chi connectivity index (χ0) is 40.1. The van der Waals surface area contributed by atoms with Crippen molar-refractivity contribution in [2.24, 2.45) is 0 Å². The SMILES string of the molecule is c1ccc(-c2ccc(-c3nc(-c4ccccc4)cc(-c4ccc(-c5c(-c6ccccc6)c(-c6ccccc6)nc(-c6ccccc6)c5-c5ccccc5)cc4)n3)cc2)cc1.